The molecule has 1 aromatic carbocycles. The lowest BCUT2D eigenvalue weighted by molar-refractivity contribution is 0.623. The zero-order chi connectivity index (χ0) is 15.5. The second-order valence-corrected chi connectivity index (χ2v) is 6.44. The SMILES string of the molecule is CC(C)c1ccc(Nc2cnnc(NC(C)(C)C)n2)cc1. The van der Waals surface area contributed by atoms with Crippen molar-refractivity contribution in [1.29, 1.82) is 0 Å². The molecule has 0 amide bonds. The van der Waals surface area contributed by atoms with E-state index >= 15 is 0 Å². The third-order valence-corrected chi connectivity index (χ3v) is 2.90. The summed E-state index contributed by atoms with van der Waals surface area (Å²) in [5.74, 6) is 1.72. The van der Waals surface area contributed by atoms with Gasteiger partial charge in [0.15, 0.2) is 5.82 Å². The van der Waals surface area contributed by atoms with Crippen molar-refractivity contribution in [3.8, 4) is 0 Å². The Labute approximate surface area is 126 Å². The summed E-state index contributed by atoms with van der Waals surface area (Å²) in [6.45, 7) is 10.5. The van der Waals surface area contributed by atoms with Gasteiger partial charge in [-0.15, -0.1) is 5.10 Å². The van der Waals surface area contributed by atoms with Crippen LogP contribution in [0.5, 0.6) is 0 Å². The molecular formula is C16H23N5. The van der Waals surface area contributed by atoms with Crippen LogP contribution in [0.15, 0.2) is 30.5 Å². The first-order valence-electron chi connectivity index (χ1n) is 7.18. The Morgan fingerprint density at radius 2 is 1.71 bits per heavy atom. The fourth-order valence-electron chi connectivity index (χ4n) is 1.85. The van der Waals surface area contributed by atoms with E-state index < -0.39 is 0 Å². The quantitative estimate of drug-likeness (QED) is 0.890. The lowest BCUT2D eigenvalue weighted by atomic mass is 10.0. The Bertz CT molecular complexity index is 584. The predicted octanol–water partition coefficient (Wildman–Crippen LogP) is 3.95. The summed E-state index contributed by atoms with van der Waals surface area (Å²) in [5, 5.41) is 14.4. The largest absolute Gasteiger partial charge is 0.348 e. The van der Waals surface area contributed by atoms with Gasteiger partial charge in [0.05, 0.1) is 6.20 Å². The zero-order valence-corrected chi connectivity index (χ0v) is 13.3. The molecule has 0 aliphatic rings. The van der Waals surface area contributed by atoms with E-state index in [2.05, 4.69) is 72.6 Å². The molecule has 2 aromatic rings. The van der Waals surface area contributed by atoms with Crippen molar-refractivity contribution in [2.75, 3.05) is 10.6 Å². The van der Waals surface area contributed by atoms with Crippen LogP contribution in [0.25, 0.3) is 0 Å². The van der Waals surface area contributed by atoms with E-state index in [0.29, 0.717) is 17.7 Å². The third-order valence-electron chi connectivity index (χ3n) is 2.90. The number of hydrogen-bond acceptors (Lipinski definition) is 5. The van der Waals surface area contributed by atoms with Gasteiger partial charge >= 0.3 is 0 Å². The summed E-state index contributed by atoms with van der Waals surface area (Å²) in [5.41, 5.74) is 2.21. The monoisotopic (exact) mass is 285 g/mol. The van der Waals surface area contributed by atoms with Crippen LogP contribution in [0.1, 0.15) is 46.1 Å². The number of benzene rings is 1. The van der Waals surface area contributed by atoms with Crippen molar-refractivity contribution >= 4 is 17.5 Å². The van der Waals surface area contributed by atoms with E-state index in [1.165, 1.54) is 5.56 Å². The van der Waals surface area contributed by atoms with E-state index in [1.807, 2.05) is 12.1 Å². The average Bonchev–Trinajstić information content (AvgIpc) is 2.37. The first-order valence-corrected chi connectivity index (χ1v) is 7.18. The highest BCUT2D eigenvalue weighted by atomic mass is 15.3. The summed E-state index contributed by atoms with van der Waals surface area (Å²) in [6.07, 6.45) is 1.62. The maximum absolute atomic E-state index is 4.42. The number of nitrogens with one attached hydrogen (secondary N) is 2. The Morgan fingerprint density at radius 1 is 1.05 bits per heavy atom. The molecule has 5 heteroatoms. The third kappa shape index (κ3) is 4.70. The Morgan fingerprint density at radius 3 is 2.29 bits per heavy atom. The van der Waals surface area contributed by atoms with Gasteiger partial charge in [0, 0.05) is 11.2 Å². The van der Waals surface area contributed by atoms with Crippen molar-refractivity contribution in [3.63, 3.8) is 0 Å². The topological polar surface area (TPSA) is 62.7 Å². The predicted molar refractivity (Wildman–Crippen MR) is 87.0 cm³/mol. The number of nitrogens with zero attached hydrogens (tertiary/aromatic N) is 3. The molecule has 0 aliphatic carbocycles. The molecule has 0 saturated carbocycles. The molecule has 5 nitrogen and oxygen atoms in total. The summed E-state index contributed by atoms with van der Waals surface area (Å²) in [7, 11) is 0. The van der Waals surface area contributed by atoms with Crippen molar-refractivity contribution in [2.24, 2.45) is 0 Å². The van der Waals surface area contributed by atoms with Crippen molar-refractivity contribution in [3.05, 3.63) is 36.0 Å². The lowest BCUT2D eigenvalue weighted by Crippen LogP contribution is -2.27. The second kappa shape index (κ2) is 6.08. The van der Waals surface area contributed by atoms with Gasteiger partial charge in [-0.05, 0) is 44.4 Å². The van der Waals surface area contributed by atoms with Crippen molar-refractivity contribution in [1.82, 2.24) is 15.2 Å². The summed E-state index contributed by atoms with van der Waals surface area (Å²) in [6, 6.07) is 8.34. The Kier molecular flexibility index (Phi) is 4.40. The molecule has 0 aliphatic heterocycles. The summed E-state index contributed by atoms with van der Waals surface area (Å²) >= 11 is 0. The van der Waals surface area contributed by atoms with Gasteiger partial charge in [0.2, 0.25) is 5.95 Å². The molecule has 21 heavy (non-hydrogen) atoms. The lowest BCUT2D eigenvalue weighted by Gasteiger charge is -2.20. The number of hydrogen-bond donors (Lipinski definition) is 2. The number of aromatic nitrogens is 3. The van der Waals surface area contributed by atoms with Crippen LogP contribution in [0, 0.1) is 0 Å². The maximum Gasteiger partial charge on any atom is 0.245 e. The summed E-state index contributed by atoms with van der Waals surface area (Å²) in [4.78, 5) is 4.42. The fourth-order valence-corrected chi connectivity index (χ4v) is 1.85. The van der Waals surface area contributed by atoms with Crippen LogP contribution in [0.3, 0.4) is 0 Å². The Balaban J connectivity index is 2.10. The van der Waals surface area contributed by atoms with Gasteiger partial charge in [0.1, 0.15) is 0 Å². The smallest absolute Gasteiger partial charge is 0.245 e. The molecule has 0 unspecified atom stereocenters. The van der Waals surface area contributed by atoms with Gasteiger partial charge in [-0.2, -0.15) is 10.1 Å². The van der Waals surface area contributed by atoms with Crippen LogP contribution in [0.2, 0.25) is 0 Å². The molecule has 0 radical (unpaired) electrons. The first-order chi connectivity index (χ1) is 9.83. The average molecular weight is 285 g/mol. The normalized spacial score (nSPS) is 11.5. The maximum atomic E-state index is 4.42. The highest BCUT2D eigenvalue weighted by molar-refractivity contribution is 5.56. The molecule has 0 atom stereocenters. The van der Waals surface area contributed by atoms with Crippen molar-refractivity contribution in [2.45, 2.75) is 46.1 Å². The standard InChI is InChI=1S/C16H23N5/c1-11(2)12-6-8-13(9-7-12)18-14-10-17-21-15(19-14)20-16(3,4)5/h6-11H,1-5H3,(H2,18,19,20,21). The zero-order valence-electron chi connectivity index (χ0n) is 13.3. The van der Waals surface area contributed by atoms with Gasteiger partial charge < -0.3 is 10.6 Å². The van der Waals surface area contributed by atoms with Crippen molar-refractivity contribution < 1.29 is 0 Å². The minimum Gasteiger partial charge on any atom is -0.348 e. The molecule has 112 valence electrons. The van der Waals surface area contributed by atoms with E-state index in [0.717, 1.165) is 5.69 Å². The van der Waals surface area contributed by atoms with E-state index in [9.17, 15) is 0 Å². The molecule has 0 saturated heterocycles. The summed E-state index contributed by atoms with van der Waals surface area (Å²) < 4.78 is 0. The molecule has 1 heterocycles. The highest BCUT2D eigenvalue weighted by Gasteiger charge is 2.12. The van der Waals surface area contributed by atoms with Crippen LogP contribution in [-0.2, 0) is 0 Å². The van der Waals surface area contributed by atoms with Gasteiger partial charge in [-0.25, -0.2) is 0 Å². The molecule has 2 N–H and O–H groups in total. The minimum absolute atomic E-state index is 0.0980. The van der Waals surface area contributed by atoms with E-state index in [-0.39, 0.29) is 5.54 Å². The molecule has 0 bridgehead atoms. The van der Waals surface area contributed by atoms with Crippen LogP contribution >= 0.6 is 0 Å². The first kappa shape index (κ1) is 15.2. The second-order valence-electron chi connectivity index (χ2n) is 6.44. The van der Waals surface area contributed by atoms with Gasteiger partial charge in [0.25, 0.3) is 0 Å². The van der Waals surface area contributed by atoms with Crippen LogP contribution in [-0.4, -0.2) is 20.7 Å². The number of rotatable bonds is 4. The van der Waals surface area contributed by atoms with Crippen LogP contribution < -0.4 is 10.6 Å². The molecule has 2 rings (SSSR count). The number of anilines is 3. The van der Waals surface area contributed by atoms with Gasteiger partial charge in [-0.1, -0.05) is 26.0 Å². The van der Waals surface area contributed by atoms with Gasteiger partial charge in [-0.3, -0.25) is 0 Å². The molecule has 0 spiro atoms. The van der Waals surface area contributed by atoms with E-state index in [4.69, 9.17) is 0 Å². The Hall–Kier alpha value is -2.17. The van der Waals surface area contributed by atoms with E-state index in [1.54, 1.807) is 6.20 Å². The molecule has 1 aromatic heterocycles. The fraction of sp³-hybridized carbons (Fsp3) is 0.438. The highest BCUT2D eigenvalue weighted by Crippen LogP contribution is 2.20. The molecular weight excluding hydrogens is 262 g/mol. The van der Waals surface area contributed by atoms with Crippen LogP contribution in [0.4, 0.5) is 17.5 Å². The minimum atomic E-state index is -0.0980. The molecule has 0 fully saturated rings.